The lowest BCUT2D eigenvalue weighted by atomic mass is 10.1. The van der Waals surface area contributed by atoms with Crippen molar-refractivity contribution in [3.63, 3.8) is 0 Å². The molecule has 1 aromatic heterocycles. The molecule has 0 saturated carbocycles. The summed E-state index contributed by atoms with van der Waals surface area (Å²) in [6.07, 6.45) is 3.03. The lowest BCUT2D eigenvalue weighted by Crippen LogP contribution is -2.24. The molecule has 0 aliphatic heterocycles. The van der Waals surface area contributed by atoms with Crippen LogP contribution in [0, 0.1) is 0 Å². The molecule has 0 fully saturated rings. The summed E-state index contributed by atoms with van der Waals surface area (Å²) in [6.45, 7) is 0.216. The molecule has 0 bridgehead atoms. The lowest BCUT2D eigenvalue weighted by molar-refractivity contribution is -0.144. The van der Waals surface area contributed by atoms with E-state index in [0.717, 1.165) is 12.8 Å². The van der Waals surface area contributed by atoms with Gasteiger partial charge in [-0.3, -0.25) is 9.59 Å². The highest BCUT2D eigenvalue weighted by Crippen LogP contribution is 2.04. The Bertz CT molecular complexity index is 652. The molecule has 0 saturated heterocycles. The van der Waals surface area contributed by atoms with Crippen molar-refractivity contribution in [3.05, 3.63) is 69.6 Å². The fraction of sp³-hybridized carbons (Fsp3) is 0.250. The van der Waals surface area contributed by atoms with Gasteiger partial charge in [-0.25, -0.2) is 0 Å². The van der Waals surface area contributed by atoms with Crippen LogP contribution in [-0.4, -0.2) is 17.1 Å². The molecule has 1 aromatic carbocycles. The minimum atomic E-state index is -0.438. The number of hydrogen-bond donors (Lipinski definition) is 0. The third-order valence-electron chi connectivity index (χ3n) is 2.96. The SMILES string of the molecule is O=C(Cn1cc(Cl)ccc1=O)OCCCc1ccccc1. The normalized spacial score (nSPS) is 10.3. The monoisotopic (exact) mass is 305 g/mol. The summed E-state index contributed by atoms with van der Waals surface area (Å²) >= 11 is 5.78. The smallest absolute Gasteiger partial charge is 0.326 e. The molecule has 0 amide bonds. The van der Waals surface area contributed by atoms with Gasteiger partial charge < -0.3 is 9.30 Å². The van der Waals surface area contributed by atoms with Crippen LogP contribution in [0.25, 0.3) is 0 Å². The number of esters is 1. The maximum atomic E-state index is 11.7. The summed E-state index contributed by atoms with van der Waals surface area (Å²) in [5.41, 5.74) is 0.931. The van der Waals surface area contributed by atoms with E-state index in [1.54, 1.807) is 0 Å². The van der Waals surface area contributed by atoms with Gasteiger partial charge in [-0.15, -0.1) is 0 Å². The van der Waals surface area contributed by atoms with Gasteiger partial charge in [0.15, 0.2) is 0 Å². The van der Waals surface area contributed by atoms with Gasteiger partial charge in [0.1, 0.15) is 6.54 Å². The zero-order chi connectivity index (χ0) is 15.1. The van der Waals surface area contributed by atoms with Crippen LogP contribution in [0.4, 0.5) is 0 Å². The van der Waals surface area contributed by atoms with Gasteiger partial charge in [-0.05, 0) is 24.5 Å². The second kappa shape index (κ2) is 7.64. The maximum Gasteiger partial charge on any atom is 0.326 e. The number of rotatable bonds is 6. The van der Waals surface area contributed by atoms with E-state index in [-0.39, 0.29) is 12.1 Å². The number of nitrogens with zero attached hydrogens (tertiary/aromatic N) is 1. The molecule has 0 N–H and O–H groups in total. The van der Waals surface area contributed by atoms with Crippen LogP contribution in [0.1, 0.15) is 12.0 Å². The van der Waals surface area contributed by atoms with E-state index in [1.807, 2.05) is 30.3 Å². The molecule has 2 aromatic rings. The Balaban J connectivity index is 1.75. The summed E-state index contributed by atoms with van der Waals surface area (Å²) < 4.78 is 6.36. The first-order valence-electron chi connectivity index (χ1n) is 6.71. The number of hydrogen-bond acceptors (Lipinski definition) is 3. The molecule has 1 heterocycles. The summed E-state index contributed by atoms with van der Waals surface area (Å²) in [5, 5.41) is 0.409. The number of halogens is 1. The van der Waals surface area contributed by atoms with Crippen LogP contribution in [0.5, 0.6) is 0 Å². The van der Waals surface area contributed by atoms with Crippen LogP contribution in [0.15, 0.2) is 53.5 Å². The van der Waals surface area contributed by atoms with Crippen LogP contribution in [0.2, 0.25) is 5.02 Å². The molecule has 0 unspecified atom stereocenters. The van der Waals surface area contributed by atoms with Crippen molar-refractivity contribution >= 4 is 17.6 Å². The Morgan fingerprint density at radius 1 is 1.14 bits per heavy atom. The van der Waals surface area contributed by atoms with E-state index in [1.165, 1.54) is 28.5 Å². The zero-order valence-corrected chi connectivity index (χ0v) is 12.3. The fourth-order valence-corrected chi connectivity index (χ4v) is 2.10. The molecule has 21 heavy (non-hydrogen) atoms. The van der Waals surface area contributed by atoms with E-state index >= 15 is 0 Å². The number of carbonyl (C=O) groups is 1. The molecule has 4 nitrogen and oxygen atoms in total. The molecular weight excluding hydrogens is 290 g/mol. The number of ether oxygens (including phenoxy) is 1. The highest BCUT2D eigenvalue weighted by Gasteiger charge is 2.06. The highest BCUT2D eigenvalue weighted by atomic mass is 35.5. The third kappa shape index (κ3) is 5.08. The minimum absolute atomic E-state index is 0.120. The number of carbonyl (C=O) groups excluding carboxylic acids is 1. The van der Waals surface area contributed by atoms with Crippen molar-refractivity contribution in [2.75, 3.05) is 6.61 Å². The third-order valence-corrected chi connectivity index (χ3v) is 3.19. The van der Waals surface area contributed by atoms with Crippen LogP contribution in [-0.2, 0) is 22.5 Å². The standard InChI is InChI=1S/C16H16ClNO3/c17-14-8-9-15(19)18(11-14)12-16(20)21-10-4-7-13-5-2-1-3-6-13/h1-3,5-6,8-9,11H,4,7,10,12H2. The molecular formula is C16H16ClNO3. The Labute approximate surface area is 127 Å². The lowest BCUT2D eigenvalue weighted by Gasteiger charge is -2.07. The molecule has 110 valence electrons. The average Bonchev–Trinajstić information content (AvgIpc) is 2.48. The fourth-order valence-electron chi connectivity index (χ4n) is 1.92. The minimum Gasteiger partial charge on any atom is -0.464 e. The van der Waals surface area contributed by atoms with E-state index in [2.05, 4.69) is 0 Å². The molecule has 0 aliphatic rings. The number of pyridine rings is 1. The first-order chi connectivity index (χ1) is 10.1. The van der Waals surface area contributed by atoms with Crippen molar-refractivity contribution in [2.24, 2.45) is 0 Å². The Kier molecular flexibility index (Phi) is 5.58. The van der Waals surface area contributed by atoms with Gasteiger partial charge in [0, 0.05) is 12.3 Å². The van der Waals surface area contributed by atoms with Gasteiger partial charge in [0.05, 0.1) is 11.6 Å². The van der Waals surface area contributed by atoms with Gasteiger partial charge in [-0.1, -0.05) is 41.9 Å². The van der Waals surface area contributed by atoms with Crippen molar-refractivity contribution in [1.82, 2.24) is 4.57 Å². The predicted molar refractivity (Wildman–Crippen MR) is 81.4 cm³/mol. The summed E-state index contributed by atoms with van der Waals surface area (Å²) in [7, 11) is 0. The van der Waals surface area contributed by atoms with Gasteiger partial charge in [0.25, 0.3) is 5.56 Å². The van der Waals surface area contributed by atoms with Crippen molar-refractivity contribution in [1.29, 1.82) is 0 Å². The largest absolute Gasteiger partial charge is 0.464 e. The second-order valence-electron chi connectivity index (χ2n) is 4.62. The van der Waals surface area contributed by atoms with Crippen molar-refractivity contribution in [2.45, 2.75) is 19.4 Å². The maximum absolute atomic E-state index is 11.7. The number of aromatic nitrogens is 1. The number of aryl methyl sites for hydroxylation is 1. The Morgan fingerprint density at radius 3 is 2.67 bits per heavy atom. The molecule has 0 atom stereocenters. The highest BCUT2D eigenvalue weighted by molar-refractivity contribution is 6.30. The topological polar surface area (TPSA) is 48.3 Å². The Hall–Kier alpha value is -2.07. The first-order valence-corrected chi connectivity index (χ1v) is 7.08. The van der Waals surface area contributed by atoms with E-state index in [0.29, 0.717) is 11.6 Å². The molecule has 0 spiro atoms. The zero-order valence-electron chi connectivity index (χ0n) is 11.5. The van der Waals surface area contributed by atoms with Crippen molar-refractivity contribution in [3.8, 4) is 0 Å². The van der Waals surface area contributed by atoms with Crippen LogP contribution < -0.4 is 5.56 Å². The van der Waals surface area contributed by atoms with Crippen LogP contribution >= 0.6 is 11.6 Å². The van der Waals surface area contributed by atoms with Gasteiger partial charge in [-0.2, -0.15) is 0 Å². The summed E-state index contributed by atoms with van der Waals surface area (Å²) in [4.78, 5) is 23.2. The average molecular weight is 306 g/mol. The second-order valence-corrected chi connectivity index (χ2v) is 5.06. The quantitative estimate of drug-likeness (QED) is 0.609. The van der Waals surface area contributed by atoms with E-state index in [9.17, 15) is 9.59 Å². The molecule has 2 rings (SSSR count). The van der Waals surface area contributed by atoms with E-state index in [4.69, 9.17) is 16.3 Å². The summed E-state index contributed by atoms with van der Waals surface area (Å²) in [5.74, 6) is -0.438. The Morgan fingerprint density at radius 2 is 1.90 bits per heavy atom. The van der Waals surface area contributed by atoms with Gasteiger partial charge >= 0.3 is 5.97 Å². The predicted octanol–water partition coefficient (Wildman–Crippen LogP) is 2.68. The van der Waals surface area contributed by atoms with Crippen LogP contribution in [0.3, 0.4) is 0 Å². The van der Waals surface area contributed by atoms with Crippen molar-refractivity contribution < 1.29 is 9.53 Å². The van der Waals surface area contributed by atoms with Gasteiger partial charge in [0.2, 0.25) is 0 Å². The first kappa shape index (κ1) is 15.3. The number of benzene rings is 1. The molecule has 5 heteroatoms. The summed E-state index contributed by atoms with van der Waals surface area (Å²) in [6, 6.07) is 12.8. The molecule has 0 aliphatic carbocycles. The van der Waals surface area contributed by atoms with E-state index < -0.39 is 5.97 Å². The molecule has 0 radical (unpaired) electrons.